The number of phenols is 1. The van der Waals surface area contributed by atoms with Gasteiger partial charge in [0.05, 0.1) is 14.2 Å². The van der Waals surface area contributed by atoms with Gasteiger partial charge in [-0.15, -0.1) is 0 Å². The van der Waals surface area contributed by atoms with Gasteiger partial charge in [0.25, 0.3) is 0 Å². The quantitative estimate of drug-likeness (QED) is 0.662. The molecule has 3 aromatic carbocycles. The van der Waals surface area contributed by atoms with Crippen molar-refractivity contribution in [3.63, 3.8) is 0 Å². The Labute approximate surface area is 177 Å². The van der Waals surface area contributed by atoms with Crippen molar-refractivity contribution in [2.75, 3.05) is 27.4 Å². The maximum Gasteiger partial charge on any atom is 0.165 e. The molecular weight excluding hydrogens is 378 g/mol. The van der Waals surface area contributed by atoms with Gasteiger partial charge in [-0.05, 0) is 36.2 Å². The predicted molar refractivity (Wildman–Crippen MR) is 117 cm³/mol. The lowest BCUT2D eigenvalue weighted by molar-refractivity contribution is 0.215. The third kappa shape index (κ3) is 4.21. The van der Waals surface area contributed by atoms with Crippen molar-refractivity contribution in [1.29, 1.82) is 0 Å². The maximum atomic E-state index is 10.4. The molecule has 0 fully saturated rings. The largest absolute Gasteiger partial charge is 0.507 e. The second kappa shape index (κ2) is 8.67. The zero-order chi connectivity index (χ0) is 21.1. The Morgan fingerprint density at radius 1 is 0.967 bits per heavy atom. The Balaban J connectivity index is 1.64. The molecule has 0 aromatic heterocycles. The van der Waals surface area contributed by atoms with Crippen LogP contribution in [0.4, 0.5) is 0 Å². The number of fused-ring (bicyclic) bond motifs is 1. The normalized spacial score (nSPS) is 13.8. The van der Waals surface area contributed by atoms with E-state index in [0.29, 0.717) is 25.4 Å². The number of phenolic OH excluding ortho intramolecular Hbond substituents is 1. The lowest BCUT2D eigenvalue weighted by Gasteiger charge is -2.20. The van der Waals surface area contributed by atoms with E-state index in [2.05, 4.69) is 42.2 Å². The summed E-state index contributed by atoms with van der Waals surface area (Å²) in [5.74, 6) is 2.44. The first-order valence-electron chi connectivity index (χ1n) is 10.1. The number of methoxy groups -OCH3 is 2. The lowest BCUT2D eigenvalue weighted by atomic mass is 10.0. The van der Waals surface area contributed by atoms with E-state index in [9.17, 15) is 5.11 Å². The van der Waals surface area contributed by atoms with E-state index in [0.717, 1.165) is 40.3 Å². The topological polar surface area (TPSA) is 51.2 Å². The van der Waals surface area contributed by atoms with E-state index in [1.165, 1.54) is 5.56 Å². The van der Waals surface area contributed by atoms with Crippen molar-refractivity contribution in [1.82, 2.24) is 4.90 Å². The van der Waals surface area contributed by atoms with E-state index in [4.69, 9.17) is 14.2 Å². The Morgan fingerprint density at radius 3 is 2.47 bits per heavy atom. The molecule has 4 rings (SSSR count). The minimum atomic E-state index is 0.241. The number of ether oxygens (including phenoxy) is 3. The van der Waals surface area contributed by atoms with Gasteiger partial charge in [-0.25, -0.2) is 0 Å². The number of hydrogen-bond acceptors (Lipinski definition) is 5. The number of nitrogens with zero attached hydrogens (tertiary/aromatic N) is 1. The predicted octanol–water partition coefficient (Wildman–Crippen LogP) is 4.78. The smallest absolute Gasteiger partial charge is 0.165 e. The third-order valence-electron chi connectivity index (χ3n) is 5.47. The van der Waals surface area contributed by atoms with Crippen molar-refractivity contribution < 1.29 is 19.3 Å². The van der Waals surface area contributed by atoms with Crippen molar-refractivity contribution in [2.45, 2.75) is 20.0 Å². The molecule has 156 valence electrons. The van der Waals surface area contributed by atoms with Crippen LogP contribution in [-0.4, -0.2) is 37.4 Å². The molecule has 5 heteroatoms. The van der Waals surface area contributed by atoms with Crippen LogP contribution in [0.5, 0.6) is 23.0 Å². The molecule has 5 nitrogen and oxygen atoms in total. The van der Waals surface area contributed by atoms with Gasteiger partial charge in [-0.3, -0.25) is 4.90 Å². The van der Waals surface area contributed by atoms with Crippen LogP contribution in [0.2, 0.25) is 0 Å². The first-order chi connectivity index (χ1) is 14.6. The molecular formula is C25H27NO4. The molecule has 3 aromatic rings. The summed E-state index contributed by atoms with van der Waals surface area (Å²) >= 11 is 0. The molecule has 0 radical (unpaired) electrons. The Bertz CT molecular complexity index is 1030. The number of aryl methyl sites for hydroxylation is 1. The SMILES string of the molecule is COc1ccc(CN2CCOc3c(cc(-c4ccc(C)cc4)cc3OC)C2)c(O)c1. The molecule has 0 saturated heterocycles. The van der Waals surface area contributed by atoms with E-state index in [-0.39, 0.29) is 5.75 Å². The van der Waals surface area contributed by atoms with E-state index < -0.39 is 0 Å². The number of rotatable bonds is 5. The number of aromatic hydroxyl groups is 1. The van der Waals surface area contributed by atoms with Gasteiger partial charge >= 0.3 is 0 Å². The highest BCUT2D eigenvalue weighted by molar-refractivity contribution is 5.69. The molecule has 1 heterocycles. The van der Waals surface area contributed by atoms with Crippen molar-refractivity contribution >= 4 is 0 Å². The average Bonchev–Trinajstić information content (AvgIpc) is 2.96. The molecule has 0 unspecified atom stereocenters. The van der Waals surface area contributed by atoms with Crippen LogP contribution in [0, 0.1) is 6.92 Å². The standard InChI is InChI=1S/C25H27NO4/c1-17-4-6-18(7-5-17)20-12-21-16-26(10-11-30-25(21)24(13-20)29-3)15-19-8-9-22(28-2)14-23(19)27/h4-9,12-14,27H,10-11,15-16H2,1-3H3. The highest BCUT2D eigenvalue weighted by Crippen LogP contribution is 2.39. The fourth-order valence-electron chi connectivity index (χ4n) is 3.78. The Morgan fingerprint density at radius 2 is 1.77 bits per heavy atom. The van der Waals surface area contributed by atoms with Crippen molar-refractivity contribution in [3.05, 3.63) is 71.3 Å². The summed E-state index contributed by atoms with van der Waals surface area (Å²) < 4.78 is 16.9. The summed E-state index contributed by atoms with van der Waals surface area (Å²) in [5, 5.41) is 10.4. The number of hydrogen-bond donors (Lipinski definition) is 1. The summed E-state index contributed by atoms with van der Waals surface area (Å²) in [6, 6.07) is 18.1. The van der Waals surface area contributed by atoms with E-state index >= 15 is 0 Å². The average molecular weight is 405 g/mol. The molecule has 0 atom stereocenters. The molecule has 0 bridgehead atoms. The maximum absolute atomic E-state index is 10.4. The first-order valence-corrected chi connectivity index (χ1v) is 10.1. The fourth-order valence-corrected chi connectivity index (χ4v) is 3.78. The highest BCUT2D eigenvalue weighted by Gasteiger charge is 2.21. The van der Waals surface area contributed by atoms with Crippen LogP contribution in [0.15, 0.2) is 54.6 Å². The minimum Gasteiger partial charge on any atom is -0.507 e. The lowest BCUT2D eigenvalue weighted by Crippen LogP contribution is -2.25. The van der Waals surface area contributed by atoms with Crippen LogP contribution in [0.3, 0.4) is 0 Å². The first kappa shape index (κ1) is 20.1. The molecule has 0 spiro atoms. The monoisotopic (exact) mass is 405 g/mol. The highest BCUT2D eigenvalue weighted by atomic mass is 16.5. The molecule has 1 N–H and O–H groups in total. The van der Waals surface area contributed by atoms with Gasteiger partial charge in [0.15, 0.2) is 11.5 Å². The zero-order valence-electron chi connectivity index (χ0n) is 17.6. The minimum absolute atomic E-state index is 0.241. The van der Waals surface area contributed by atoms with Gasteiger partial charge in [-0.2, -0.15) is 0 Å². The summed E-state index contributed by atoms with van der Waals surface area (Å²) in [6.07, 6.45) is 0. The summed E-state index contributed by atoms with van der Waals surface area (Å²) in [5.41, 5.74) is 5.42. The van der Waals surface area contributed by atoms with Gasteiger partial charge in [0.2, 0.25) is 0 Å². The van der Waals surface area contributed by atoms with Crippen LogP contribution >= 0.6 is 0 Å². The summed E-state index contributed by atoms with van der Waals surface area (Å²) in [7, 11) is 3.27. The second-order valence-corrected chi connectivity index (χ2v) is 7.59. The molecule has 1 aliphatic heterocycles. The van der Waals surface area contributed by atoms with Crippen LogP contribution < -0.4 is 14.2 Å². The molecule has 0 saturated carbocycles. The Kier molecular flexibility index (Phi) is 5.81. The van der Waals surface area contributed by atoms with E-state index in [1.54, 1.807) is 20.3 Å². The van der Waals surface area contributed by atoms with Crippen molar-refractivity contribution in [3.8, 4) is 34.1 Å². The summed E-state index contributed by atoms with van der Waals surface area (Å²) in [4.78, 5) is 2.27. The van der Waals surface area contributed by atoms with E-state index in [1.807, 2.05) is 18.2 Å². The van der Waals surface area contributed by atoms with Crippen LogP contribution in [0.25, 0.3) is 11.1 Å². The van der Waals surface area contributed by atoms with Gasteiger partial charge in [0.1, 0.15) is 18.1 Å². The number of benzene rings is 3. The van der Waals surface area contributed by atoms with Crippen LogP contribution in [0.1, 0.15) is 16.7 Å². The van der Waals surface area contributed by atoms with Crippen molar-refractivity contribution in [2.24, 2.45) is 0 Å². The third-order valence-corrected chi connectivity index (χ3v) is 5.47. The van der Waals surface area contributed by atoms with Gasteiger partial charge in [-0.1, -0.05) is 35.9 Å². The van der Waals surface area contributed by atoms with Gasteiger partial charge < -0.3 is 19.3 Å². The second-order valence-electron chi connectivity index (χ2n) is 7.59. The molecule has 30 heavy (non-hydrogen) atoms. The molecule has 0 aliphatic carbocycles. The van der Waals surface area contributed by atoms with Crippen LogP contribution in [-0.2, 0) is 13.1 Å². The summed E-state index contributed by atoms with van der Waals surface area (Å²) in [6.45, 7) is 4.72. The molecule has 0 amide bonds. The Hall–Kier alpha value is -3.18. The molecule has 1 aliphatic rings. The van der Waals surface area contributed by atoms with Gasteiger partial charge in [0, 0.05) is 36.8 Å². The zero-order valence-corrected chi connectivity index (χ0v) is 17.6. The fraction of sp³-hybridized carbons (Fsp3) is 0.280.